The van der Waals surface area contributed by atoms with Crippen molar-refractivity contribution in [2.45, 2.75) is 6.61 Å². The molecule has 0 aliphatic heterocycles. The molecule has 156 valence electrons. The van der Waals surface area contributed by atoms with Crippen molar-refractivity contribution in [1.82, 2.24) is 14.1 Å². The third-order valence-electron chi connectivity index (χ3n) is 5.05. The van der Waals surface area contributed by atoms with E-state index in [4.69, 9.17) is 4.74 Å². The molecule has 0 atom stereocenters. The molecule has 4 rings (SSSR count). The first-order valence-electron chi connectivity index (χ1n) is 9.44. The third kappa shape index (κ3) is 3.87. The van der Waals surface area contributed by atoms with Crippen molar-refractivity contribution in [1.29, 1.82) is 0 Å². The monoisotopic (exact) mass is 419 g/mol. The number of carbonyl (C=O) groups excluding carboxylic acids is 1. The fourth-order valence-corrected chi connectivity index (χ4v) is 3.25. The van der Waals surface area contributed by atoms with Crippen LogP contribution in [0.2, 0.25) is 0 Å². The van der Waals surface area contributed by atoms with Crippen LogP contribution in [0.15, 0.2) is 70.3 Å². The number of para-hydroxylation sites is 1. The molecular weight excluding hydrogens is 401 g/mol. The van der Waals surface area contributed by atoms with Crippen LogP contribution in [0.25, 0.3) is 22.2 Å². The summed E-state index contributed by atoms with van der Waals surface area (Å²) in [7, 11) is 2.87. The van der Waals surface area contributed by atoms with Gasteiger partial charge in [0.1, 0.15) is 12.4 Å². The fraction of sp³-hybridized carbons (Fsp3) is 0.130. The van der Waals surface area contributed by atoms with E-state index < -0.39 is 17.2 Å². The predicted octanol–water partition coefficient (Wildman–Crippen LogP) is 2.80. The number of hydrogen-bond acceptors (Lipinski definition) is 5. The van der Waals surface area contributed by atoms with E-state index in [-0.39, 0.29) is 23.7 Å². The Balaban J connectivity index is 1.72. The van der Waals surface area contributed by atoms with Crippen LogP contribution in [0, 0.1) is 5.82 Å². The highest BCUT2D eigenvalue weighted by Gasteiger charge is 2.16. The molecule has 0 aliphatic rings. The summed E-state index contributed by atoms with van der Waals surface area (Å²) >= 11 is 0. The van der Waals surface area contributed by atoms with Crippen molar-refractivity contribution < 1.29 is 13.9 Å². The number of hydrogen-bond donors (Lipinski definition) is 0. The second kappa shape index (κ2) is 7.98. The standard InChI is InChI=1S/C23H18FN3O4/c1-26-16(11-21(28)27(2)23(26)30)13-31-22(29)18-12-20(14-7-9-15(24)10-8-14)25-19-6-4-3-5-17(18)19/h3-12H,13H2,1-2H3. The first-order chi connectivity index (χ1) is 14.8. The average molecular weight is 419 g/mol. The minimum absolute atomic E-state index is 0.247. The molecule has 0 bridgehead atoms. The van der Waals surface area contributed by atoms with Gasteiger partial charge >= 0.3 is 11.7 Å². The highest BCUT2D eigenvalue weighted by molar-refractivity contribution is 6.04. The molecule has 4 aromatic rings. The zero-order valence-corrected chi connectivity index (χ0v) is 16.8. The number of fused-ring (bicyclic) bond motifs is 1. The maximum absolute atomic E-state index is 13.3. The van der Waals surface area contributed by atoms with Gasteiger partial charge in [0.05, 0.1) is 22.5 Å². The summed E-state index contributed by atoms with van der Waals surface area (Å²) < 4.78 is 20.9. The van der Waals surface area contributed by atoms with Crippen molar-refractivity contribution in [3.63, 3.8) is 0 Å². The van der Waals surface area contributed by atoms with E-state index in [1.54, 1.807) is 42.5 Å². The SMILES string of the molecule is Cn1c(COC(=O)c2cc(-c3ccc(F)cc3)nc3ccccc23)cc(=O)n(C)c1=O. The molecule has 2 aromatic carbocycles. The number of halogens is 1. The van der Waals surface area contributed by atoms with Gasteiger partial charge in [-0.25, -0.2) is 19.0 Å². The number of esters is 1. The predicted molar refractivity (Wildman–Crippen MR) is 113 cm³/mol. The van der Waals surface area contributed by atoms with Gasteiger partial charge in [-0.1, -0.05) is 18.2 Å². The molecule has 31 heavy (non-hydrogen) atoms. The quantitative estimate of drug-likeness (QED) is 0.475. The van der Waals surface area contributed by atoms with E-state index in [0.29, 0.717) is 22.2 Å². The number of benzene rings is 2. The Bertz CT molecular complexity index is 1420. The maximum Gasteiger partial charge on any atom is 0.339 e. The van der Waals surface area contributed by atoms with E-state index >= 15 is 0 Å². The van der Waals surface area contributed by atoms with E-state index in [1.165, 1.54) is 36.9 Å². The lowest BCUT2D eigenvalue weighted by molar-refractivity contribution is 0.0465. The molecule has 2 heterocycles. The third-order valence-corrected chi connectivity index (χ3v) is 5.05. The van der Waals surface area contributed by atoms with Crippen LogP contribution in [0.4, 0.5) is 4.39 Å². The highest BCUT2D eigenvalue weighted by Crippen LogP contribution is 2.25. The van der Waals surface area contributed by atoms with Crippen LogP contribution in [-0.2, 0) is 25.4 Å². The van der Waals surface area contributed by atoms with Crippen molar-refractivity contribution >= 4 is 16.9 Å². The number of pyridine rings is 1. The zero-order chi connectivity index (χ0) is 22.1. The van der Waals surface area contributed by atoms with Crippen LogP contribution < -0.4 is 11.2 Å². The number of ether oxygens (including phenoxy) is 1. The highest BCUT2D eigenvalue weighted by atomic mass is 19.1. The molecule has 0 spiro atoms. The second-order valence-electron chi connectivity index (χ2n) is 7.03. The van der Waals surface area contributed by atoms with Crippen molar-refractivity contribution in [3.8, 4) is 11.3 Å². The molecule has 0 aliphatic carbocycles. The summed E-state index contributed by atoms with van der Waals surface area (Å²) in [5, 5.41) is 0.594. The van der Waals surface area contributed by atoms with Gasteiger partial charge in [0, 0.05) is 31.1 Å². The van der Waals surface area contributed by atoms with Gasteiger partial charge in [-0.3, -0.25) is 13.9 Å². The first-order valence-corrected chi connectivity index (χ1v) is 9.44. The van der Waals surface area contributed by atoms with Gasteiger partial charge in [0.15, 0.2) is 0 Å². The number of rotatable bonds is 4. The Morgan fingerprint density at radius 2 is 1.71 bits per heavy atom. The van der Waals surface area contributed by atoms with E-state index in [0.717, 1.165) is 4.57 Å². The number of carbonyl (C=O) groups is 1. The minimum atomic E-state index is -0.630. The minimum Gasteiger partial charge on any atom is -0.456 e. The second-order valence-corrected chi connectivity index (χ2v) is 7.03. The number of aromatic nitrogens is 3. The van der Waals surface area contributed by atoms with Gasteiger partial charge in [-0.15, -0.1) is 0 Å². The van der Waals surface area contributed by atoms with Crippen LogP contribution >= 0.6 is 0 Å². The lowest BCUT2D eigenvalue weighted by atomic mass is 10.0. The molecule has 7 nitrogen and oxygen atoms in total. The van der Waals surface area contributed by atoms with E-state index in [2.05, 4.69) is 4.98 Å². The summed E-state index contributed by atoms with van der Waals surface area (Å²) in [5.41, 5.74) is 1.28. The maximum atomic E-state index is 13.3. The molecule has 0 amide bonds. The van der Waals surface area contributed by atoms with Crippen molar-refractivity contribution in [2.75, 3.05) is 0 Å². The van der Waals surface area contributed by atoms with Gasteiger partial charge in [0.2, 0.25) is 0 Å². The molecule has 2 aromatic heterocycles. The molecule has 8 heteroatoms. The fourth-order valence-electron chi connectivity index (χ4n) is 3.25. The Kier molecular flexibility index (Phi) is 5.21. The largest absolute Gasteiger partial charge is 0.456 e. The van der Waals surface area contributed by atoms with Crippen LogP contribution in [0.1, 0.15) is 16.1 Å². The van der Waals surface area contributed by atoms with E-state index in [1.807, 2.05) is 0 Å². The molecule has 0 fully saturated rings. The first kappa shape index (κ1) is 20.2. The average Bonchev–Trinajstić information content (AvgIpc) is 2.78. The van der Waals surface area contributed by atoms with Crippen molar-refractivity contribution in [3.05, 3.63) is 98.6 Å². The normalized spacial score (nSPS) is 10.9. The molecule has 0 unspecified atom stereocenters. The van der Waals surface area contributed by atoms with Gasteiger partial charge in [0.25, 0.3) is 5.56 Å². The summed E-state index contributed by atoms with van der Waals surface area (Å²) in [6.45, 7) is -0.247. The lowest BCUT2D eigenvalue weighted by Crippen LogP contribution is -2.38. The lowest BCUT2D eigenvalue weighted by Gasteiger charge is -2.12. The van der Waals surface area contributed by atoms with Gasteiger partial charge in [-0.05, 0) is 36.4 Å². The van der Waals surface area contributed by atoms with Crippen molar-refractivity contribution in [2.24, 2.45) is 14.1 Å². The zero-order valence-electron chi connectivity index (χ0n) is 16.8. The summed E-state index contributed by atoms with van der Waals surface area (Å²) in [6.07, 6.45) is 0. The Morgan fingerprint density at radius 3 is 2.45 bits per heavy atom. The molecule has 0 saturated heterocycles. The number of nitrogens with zero attached hydrogens (tertiary/aromatic N) is 3. The smallest absolute Gasteiger partial charge is 0.339 e. The molecule has 0 saturated carbocycles. The molecule has 0 N–H and O–H groups in total. The summed E-state index contributed by atoms with van der Waals surface area (Å²) in [4.78, 5) is 41.5. The molecular formula is C23H18FN3O4. The van der Waals surface area contributed by atoms with Gasteiger partial charge < -0.3 is 4.74 Å². The summed E-state index contributed by atoms with van der Waals surface area (Å²) in [5.74, 6) is -1.00. The Morgan fingerprint density at radius 1 is 1.00 bits per heavy atom. The van der Waals surface area contributed by atoms with Gasteiger partial charge in [-0.2, -0.15) is 0 Å². The summed E-state index contributed by atoms with van der Waals surface area (Å²) in [6, 6.07) is 15.7. The molecule has 0 radical (unpaired) electrons. The Labute approximate surface area is 176 Å². The van der Waals surface area contributed by atoms with Crippen LogP contribution in [-0.4, -0.2) is 20.1 Å². The Hall–Kier alpha value is -4.07. The van der Waals surface area contributed by atoms with E-state index in [9.17, 15) is 18.8 Å². The topological polar surface area (TPSA) is 83.2 Å². The van der Waals surface area contributed by atoms with Crippen LogP contribution in [0.5, 0.6) is 0 Å². The van der Waals surface area contributed by atoms with Crippen LogP contribution in [0.3, 0.4) is 0 Å².